The van der Waals surface area contributed by atoms with E-state index in [9.17, 15) is 9.90 Å². The second-order valence-corrected chi connectivity index (χ2v) is 5.06. The van der Waals surface area contributed by atoms with E-state index in [1.807, 2.05) is 18.2 Å². The summed E-state index contributed by atoms with van der Waals surface area (Å²) in [5, 5.41) is 18.4. The summed E-state index contributed by atoms with van der Waals surface area (Å²) in [6, 6.07) is 16.2. The van der Waals surface area contributed by atoms with Gasteiger partial charge in [-0.15, -0.1) is 0 Å². The number of hydrogen-bond donors (Lipinski definition) is 1. The van der Waals surface area contributed by atoms with Crippen LogP contribution in [0, 0.1) is 11.3 Å². The van der Waals surface area contributed by atoms with Gasteiger partial charge in [-0.25, -0.2) is 0 Å². The fourth-order valence-corrected chi connectivity index (χ4v) is 2.73. The molecule has 1 N–H and O–H groups in total. The molecule has 0 saturated heterocycles. The Hall–Kier alpha value is -2.80. The van der Waals surface area contributed by atoms with Crippen LogP contribution in [0.1, 0.15) is 33.9 Å². The van der Waals surface area contributed by atoms with E-state index < -0.39 is 0 Å². The van der Waals surface area contributed by atoms with Crippen molar-refractivity contribution in [2.75, 3.05) is 0 Å². The van der Waals surface area contributed by atoms with Crippen molar-refractivity contribution in [3.8, 4) is 11.8 Å². The molecule has 0 bridgehead atoms. The Bertz CT molecular complexity index is 716. The maximum absolute atomic E-state index is 12.5. The van der Waals surface area contributed by atoms with Crippen LogP contribution in [-0.4, -0.2) is 15.9 Å². The third kappa shape index (κ3) is 2.34. The van der Waals surface area contributed by atoms with Gasteiger partial charge in [-0.3, -0.25) is 4.79 Å². The number of benzene rings is 2. The summed E-state index contributed by atoms with van der Waals surface area (Å²) >= 11 is 0. The molecular formula is C17H14N2O2. The third-order valence-corrected chi connectivity index (χ3v) is 3.76. The Labute approximate surface area is 122 Å². The van der Waals surface area contributed by atoms with E-state index in [1.165, 1.54) is 0 Å². The highest BCUT2D eigenvalue weighted by Crippen LogP contribution is 2.36. The van der Waals surface area contributed by atoms with Crippen LogP contribution in [0.3, 0.4) is 0 Å². The topological polar surface area (TPSA) is 64.3 Å². The van der Waals surface area contributed by atoms with Gasteiger partial charge in [-0.1, -0.05) is 30.3 Å². The first-order chi connectivity index (χ1) is 10.2. The minimum absolute atomic E-state index is 0.0427. The molecule has 0 aliphatic carbocycles. The lowest BCUT2D eigenvalue weighted by molar-refractivity contribution is 0.0712. The van der Waals surface area contributed by atoms with Crippen LogP contribution < -0.4 is 0 Å². The number of hydrogen-bond acceptors (Lipinski definition) is 3. The molecule has 1 unspecified atom stereocenters. The Morgan fingerprint density at radius 2 is 1.86 bits per heavy atom. The molecule has 1 aliphatic heterocycles. The molecule has 0 spiro atoms. The lowest BCUT2D eigenvalue weighted by atomic mass is 10.0. The molecule has 4 nitrogen and oxygen atoms in total. The molecule has 2 aromatic rings. The molecule has 0 radical (unpaired) electrons. The number of phenolic OH excluding ortho intramolecular Hbond substituents is 1. The van der Waals surface area contributed by atoms with E-state index in [4.69, 9.17) is 5.26 Å². The number of carbonyl (C=O) groups excluding carboxylic acids is 1. The van der Waals surface area contributed by atoms with E-state index in [-0.39, 0.29) is 24.1 Å². The maximum Gasteiger partial charge on any atom is 0.255 e. The molecule has 0 fully saturated rings. The summed E-state index contributed by atoms with van der Waals surface area (Å²) in [5.74, 6) is 0.155. The van der Waals surface area contributed by atoms with Gasteiger partial charge in [-0.2, -0.15) is 5.26 Å². The zero-order chi connectivity index (χ0) is 14.8. The predicted octanol–water partition coefficient (Wildman–Crippen LogP) is 3.00. The van der Waals surface area contributed by atoms with Crippen LogP contribution in [0.15, 0.2) is 48.5 Å². The molecule has 4 heteroatoms. The highest BCUT2D eigenvalue weighted by molar-refractivity contribution is 5.99. The molecule has 3 rings (SSSR count). The first-order valence-corrected chi connectivity index (χ1v) is 6.75. The quantitative estimate of drug-likeness (QED) is 0.938. The van der Waals surface area contributed by atoms with E-state index >= 15 is 0 Å². The number of nitriles is 1. The monoisotopic (exact) mass is 278 g/mol. The molecule has 21 heavy (non-hydrogen) atoms. The van der Waals surface area contributed by atoms with E-state index in [2.05, 4.69) is 6.07 Å². The summed E-state index contributed by atoms with van der Waals surface area (Å²) < 4.78 is 0. The Morgan fingerprint density at radius 3 is 2.57 bits per heavy atom. The van der Waals surface area contributed by atoms with Crippen molar-refractivity contribution < 1.29 is 9.90 Å². The van der Waals surface area contributed by atoms with Crippen LogP contribution in [0.2, 0.25) is 0 Å². The first kappa shape index (κ1) is 13.2. The number of fused-ring (bicyclic) bond motifs is 1. The van der Waals surface area contributed by atoms with E-state index in [0.29, 0.717) is 12.1 Å². The molecular weight excluding hydrogens is 264 g/mol. The largest absolute Gasteiger partial charge is 0.508 e. The number of carbonyl (C=O) groups is 1. The van der Waals surface area contributed by atoms with E-state index in [0.717, 1.165) is 11.1 Å². The van der Waals surface area contributed by atoms with Crippen molar-refractivity contribution in [1.82, 2.24) is 4.90 Å². The normalized spacial score (nSPS) is 16.6. The SMILES string of the molecule is N#CCC1c2ccccc2C(=O)N1Cc1ccc(O)cc1. The minimum Gasteiger partial charge on any atom is -0.508 e. The molecule has 1 atom stereocenters. The van der Waals surface area contributed by atoms with Crippen LogP contribution in [0.5, 0.6) is 5.75 Å². The average Bonchev–Trinajstić information content (AvgIpc) is 2.76. The molecule has 0 saturated carbocycles. The minimum atomic E-state index is -0.201. The summed E-state index contributed by atoms with van der Waals surface area (Å²) in [4.78, 5) is 14.2. The fourth-order valence-electron chi connectivity index (χ4n) is 2.73. The lowest BCUT2D eigenvalue weighted by Gasteiger charge is -2.23. The third-order valence-electron chi connectivity index (χ3n) is 3.76. The zero-order valence-corrected chi connectivity index (χ0v) is 11.4. The maximum atomic E-state index is 12.5. The summed E-state index contributed by atoms with van der Waals surface area (Å²) in [7, 11) is 0. The van der Waals surface area contributed by atoms with Crippen molar-refractivity contribution >= 4 is 5.91 Å². The molecule has 0 aromatic heterocycles. The number of rotatable bonds is 3. The highest BCUT2D eigenvalue weighted by Gasteiger charge is 2.35. The van der Waals surface area contributed by atoms with Gasteiger partial charge in [0, 0.05) is 12.1 Å². The summed E-state index contributed by atoms with van der Waals surface area (Å²) in [6.07, 6.45) is 0.279. The van der Waals surface area contributed by atoms with Gasteiger partial charge < -0.3 is 10.0 Å². The molecule has 104 valence electrons. The lowest BCUT2D eigenvalue weighted by Crippen LogP contribution is -2.27. The van der Waals surface area contributed by atoms with Gasteiger partial charge in [0.15, 0.2) is 0 Å². The van der Waals surface area contributed by atoms with Crippen molar-refractivity contribution in [1.29, 1.82) is 5.26 Å². The van der Waals surface area contributed by atoms with Crippen LogP contribution in [0.4, 0.5) is 0 Å². The molecule has 1 amide bonds. The van der Waals surface area contributed by atoms with Gasteiger partial charge in [0.25, 0.3) is 5.91 Å². The Balaban J connectivity index is 1.93. The predicted molar refractivity (Wildman–Crippen MR) is 77.4 cm³/mol. The standard InChI is InChI=1S/C17H14N2O2/c18-10-9-16-14-3-1-2-4-15(14)17(21)19(16)11-12-5-7-13(20)8-6-12/h1-8,16,20H,9,11H2. The summed E-state index contributed by atoms with van der Waals surface area (Å²) in [5.41, 5.74) is 2.52. The zero-order valence-electron chi connectivity index (χ0n) is 11.4. The van der Waals surface area contributed by atoms with Crippen LogP contribution in [-0.2, 0) is 6.54 Å². The van der Waals surface area contributed by atoms with Crippen molar-refractivity contribution in [2.45, 2.75) is 19.0 Å². The van der Waals surface area contributed by atoms with Crippen molar-refractivity contribution in [3.05, 3.63) is 65.2 Å². The number of amides is 1. The van der Waals surface area contributed by atoms with Gasteiger partial charge in [0.05, 0.1) is 18.5 Å². The molecule has 1 aliphatic rings. The van der Waals surface area contributed by atoms with E-state index in [1.54, 1.807) is 35.2 Å². The molecule has 2 aromatic carbocycles. The second-order valence-electron chi connectivity index (χ2n) is 5.06. The fraction of sp³-hybridized carbons (Fsp3) is 0.176. The number of phenols is 1. The van der Waals surface area contributed by atoms with Crippen LogP contribution in [0.25, 0.3) is 0 Å². The summed E-state index contributed by atoms with van der Waals surface area (Å²) in [6.45, 7) is 0.431. The van der Waals surface area contributed by atoms with Crippen molar-refractivity contribution in [2.24, 2.45) is 0 Å². The second kappa shape index (κ2) is 5.29. The Kier molecular flexibility index (Phi) is 3.33. The first-order valence-electron chi connectivity index (χ1n) is 6.75. The highest BCUT2D eigenvalue weighted by atomic mass is 16.3. The van der Waals surface area contributed by atoms with Crippen LogP contribution >= 0.6 is 0 Å². The Morgan fingerprint density at radius 1 is 1.14 bits per heavy atom. The number of aromatic hydroxyl groups is 1. The van der Waals surface area contributed by atoms with Crippen molar-refractivity contribution in [3.63, 3.8) is 0 Å². The van der Waals surface area contributed by atoms with Gasteiger partial charge in [0.2, 0.25) is 0 Å². The van der Waals surface area contributed by atoms with Gasteiger partial charge in [0.1, 0.15) is 5.75 Å². The van der Waals surface area contributed by atoms with Gasteiger partial charge in [-0.05, 0) is 29.3 Å². The average molecular weight is 278 g/mol. The number of nitrogens with zero attached hydrogens (tertiary/aromatic N) is 2. The molecule has 1 heterocycles. The van der Waals surface area contributed by atoms with Gasteiger partial charge >= 0.3 is 0 Å². The smallest absolute Gasteiger partial charge is 0.255 e.